The fourth-order valence-electron chi connectivity index (χ4n) is 1.56. The monoisotopic (exact) mass is 257 g/mol. The van der Waals surface area contributed by atoms with Crippen LogP contribution in [0, 0.1) is 0 Å². The van der Waals surface area contributed by atoms with Gasteiger partial charge in [-0.1, -0.05) is 11.6 Å². The molecule has 4 nitrogen and oxygen atoms in total. The van der Waals surface area contributed by atoms with Gasteiger partial charge in [0.1, 0.15) is 0 Å². The van der Waals surface area contributed by atoms with Gasteiger partial charge in [-0.3, -0.25) is 0 Å². The molecule has 1 aliphatic rings. The Morgan fingerprint density at radius 3 is 2.76 bits per heavy atom. The summed E-state index contributed by atoms with van der Waals surface area (Å²) in [5.74, 6) is 6.30. The molecule has 17 heavy (non-hydrogen) atoms. The molecule has 0 atom stereocenters. The van der Waals surface area contributed by atoms with Gasteiger partial charge in [0, 0.05) is 0 Å². The zero-order valence-corrected chi connectivity index (χ0v) is 10.5. The third-order valence-electron chi connectivity index (χ3n) is 2.61. The Labute approximate surface area is 106 Å². The zero-order chi connectivity index (χ0) is 12.3. The third kappa shape index (κ3) is 3.25. The highest BCUT2D eigenvalue weighted by atomic mass is 35.5. The molecule has 2 rings (SSSR count). The highest BCUT2D eigenvalue weighted by Gasteiger charge is 2.26. The highest BCUT2D eigenvalue weighted by molar-refractivity contribution is 6.32. The molecule has 1 fully saturated rings. The maximum absolute atomic E-state index is 6.19. The summed E-state index contributed by atoms with van der Waals surface area (Å²) in [6.45, 7) is 0.447. The number of hydrogen-bond acceptors (Lipinski definition) is 4. The van der Waals surface area contributed by atoms with Crippen LogP contribution in [0.3, 0.4) is 0 Å². The van der Waals surface area contributed by atoms with Crippen LogP contribution in [0.1, 0.15) is 18.4 Å². The Kier molecular flexibility index (Phi) is 4.10. The summed E-state index contributed by atoms with van der Waals surface area (Å²) in [5, 5.41) is 0.572. The van der Waals surface area contributed by atoms with Crippen LogP contribution in [0.4, 0.5) is 0 Å². The lowest BCUT2D eigenvalue weighted by atomic mass is 10.1. The summed E-state index contributed by atoms with van der Waals surface area (Å²) in [6, 6.07) is 3.77. The standard InChI is InChI=1S/C12H16ClNO3/c1-15-11-7-8(4-5-16-14)6-10(13)12(11)17-9-2-3-9/h6-7,9H,2-5,14H2,1H3. The molecule has 0 radical (unpaired) electrons. The second kappa shape index (κ2) is 5.58. The molecule has 0 spiro atoms. The first-order valence-electron chi connectivity index (χ1n) is 5.59. The van der Waals surface area contributed by atoms with Gasteiger partial charge in [0.25, 0.3) is 0 Å². The largest absolute Gasteiger partial charge is 0.493 e. The first kappa shape index (κ1) is 12.5. The Morgan fingerprint density at radius 1 is 1.41 bits per heavy atom. The van der Waals surface area contributed by atoms with Crippen molar-refractivity contribution < 1.29 is 14.3 Å². The minimum atomic E-state index is 0.291. The summed E-state index contributed by atoms with van der Waals surface area (Å²) >= 11 is 6.19. The van der Waals surface area contributed by atoms with Crippen molar-refractivity contribution in [1.82, 2.24) is 0 Å². The molecular weight excluding hydrogens is 242 g/mol. The summed E-state index contributed by atoms with van der Waals surface area (Å²) in [6.07, 6.45) is 3.15. The maximum Gasteiger partial charge on any atom is 0.180 e. The predicted octanol–water partition coefficient (Wildman–Crippen LogP) is 2.32. The van der Waals surface area contributed by atoms with Crippen molar-refractivity contribution in [3.05, 3.63) is 22.7 Å². The summed E-state index contributed by atoms with van der Waals surface area (Å²) < 4.78 is 11.0. The van der Waals surface area contributed by atoms with E-state index in [9.17, 15) is 0 Å². The number of rotatable bonds is 6. The number of nitrogens with two attached hydrogens (primary N) is 1. The average molecular weight is 258 g/mol. The van der Waals surface area contributed by atoms with E-state index in [4.69, 9.17) is 27.0 Å². The van der Waals surface area contributed by atoms with E-state index in [-0.39, 0.29) is 0 Å². The smallest absolute Gasteiger partial charge is 0.180 e. The normalized spacial score (nSPS) is 14.8. The van der Waals surface area contributed by atoms with Gasteiger partial charge in [-0.25, -0.2) is 5.90 Å². The van der Waals surface area contributed by atoms with Crippen LogP contribution in [0.5, 0.6) is 11.5 Å². The summed E-state index contributed by atoms with van der Waals surface area (Å²) in [5.41, 5.74) is 1.01. The van der Waals surface area contributed by atoms with Crippen molar-refractivity contribution in [3.8, 4) is 11.5 Å². The SMILES string of the molecule is COc1cc(CCON)cc(Cl)c1OC1CC1. The van der Waals surface area contributed by atoms with Crippen LogP contribution in [0.15, 0.2) is 12.1 Å². The fraction of sp³-hybridized carbons (Fsp3) is 0.500. The van der Waals surface area contributed by atoms with Crippen molar-refractivity contribution in [2.24, 2.45) is 5.90 Å². The van der Waals surface area contributed by atoms with Crippen molar-refractivity contribution in [3.63, 3.8) is 0 Å². The molecule has 1 saturated carbocycles. The van der Waals surface area contributed by atoms with Gasteiger partial charge in [-0.05, 0) is 37.0 Å². The van der Waals surface area contributed by atoms with Gasteiger partial charge in [0.05, 0.1) is 24.8 Å². The Bertz CT molecular complexity index is 394. The van der Waals surface area contributed by atoms with E-state index in [0.29, 0.717) is 35.7 Å². The molecule has 0 heterocycles. The van der Waals surface area contributed by atoms with Crippen LogP contribution in [0.2, 0.25) is 5.02 Å². The molecule has 5 heteroatoms. The zero-order valence-electron chi connectivity index (χ0n) is 9.74. The molecule has 0 amide bonds. The van der Waals surface area contributed by atoms with Gasteiger partial charge in [0.15, 0.2) is 11.5 Å². The minimum absolute atomic E-state index is 0.291. The Morgan fingerprint density at radius 2 is 2.18 bits per heavy atom. The van der Waals surface area contributed by atoms with E-state index in [1.807, 2.05) is 12.1 Å². The lowest BCUT2D eigenvalue weighted by Crippen LogP contribution is -2.05. The van der Waals surface area contributed by atoms with E-state index in [0.717, 1.165) is 18.4 Å². The van der Waals surface area contributed by atoms with Crippen LogP contribution in [-0.2, 0) is 11.3 Å². The van der Waals surface area contributed by atoms with E-state index in [1.54, 1.807) is 7.11 Å². The van der Waals surface area contributed by atoms with Crippen LogP contribution < -0.4 is 15.4 Å². The molecule has 1 aromatic carbocycles. The van der Waals surface area contributed by atoms with Crippen molar-refractivity contribution in [2.75, 3.05) is 13.7 Å². The maximum atomic E-state index is 6.19. The Hall–Kier alpha value is -0.970. The summed E-state index contributed by atoms with van der Waals surface area (Å²) in [7, 11) is 1.61. The number of methoxy groups -OCH3 is 1. The summed E-state index contributed by atoms with van der Waals surface area (Å²) in [4.78, 5) is 4.55. The molecule has 0 saturated heterocycles. The predicted molar refractivity (Wildman–Crippen MR) is 65.5 cm³/mol. The van der Waals surface area contributed by atoms with E-state index in [1.165, 1.54) is 0 Å². The van der Waals surface area contributed by atoms with Gasteiger partial charge in [-0.2, -0.15) is 0 Å². The molecule has 0 bridgehead atoms. The lowest BCUT2D eigenvalue weighted by molar-refractivity contribution is 0.141. The quantitative estimate of drug-likeness (QED) is 0.795. The van der Waals surface area contributed by atoms with E-state index < -0.39 is 0 Å². The average Bonchev–Trinajstić information content (AvgIpc) is 3.13. The van der Waals surface area contributed by atoms with Gasteiger partial charge in [0.2, 0.25) is 0 Å². The van der Waals surface area contributed by atoms with Crippen LogP contribution in [0.25, 0.3) is 0 Å². The Balaban J connectivity index is 2.19. The van der Waals surface area contributed by atoms with Crippen molar-refractivity contribution >= 4 is 11.6 Å². The molecule has 2 N–H and O–H groups in total. The second-order valence-electron chi connectivity index (χ2n) is 4.05. The fourth-order valence-corrected chi connectivity index (χ4v) is 1.84. The van der Waals surface area contributed by atoms with E-state index >= 15 is 0 Å². The first-order valence-corrected chi connectivity index (χ1v) is 5.97. The van der Waals surface area contributed by atoms with Gasteiger partial charge < -0.3 is 14.3 Å². The molecule has 0 aromatic heterocycles. The third-order valence-corrected chi connectivity index (χ3v) is 2.89. The molecule has 0 unspecified atom stereocenters. The lowest BCUT2D eigenvalue weighted by Gasteiger charge is -2.13. The van der Waals surface area contributed by atoms with E-state index in [2.05, 4.69) is 4.84 Å². The van der Waals surface area contributed by atoms with Crippen molar-refractivity contribution in [2.45, 2.75) is 25.4 Å². The molecule has 94 valence electrons. The van der Waals surface area contributed by atoms with Crippen LogP contribution in [-0.4, -0.2) is 19.8 Å². The first-order chi connectivity index (χ1) is 8.24. The molecule has 1 aromatic rings. The minimum Gasteiger partial charge on any atom is -0.493 e. The molecule has 1 aliphatic carbocycles. The second-order valence-corrected chi connectivity index (χ2v) is 4.45. The molecular formula is C12H16ClNO3. The van der Waals surface area contributed by atoms with Gasteiger partial charge >= 0.3 is 0 Å². The van der Waals surface area contributed by atoms with Gasteiger partial charge in [-0.15, -0.1) is 0 Å². The number of ether oxygens (including phenoxy) is 2. The number of benzene rings is 1. The highest BCUT2D eigenvalue weighted by Crippen LogP contribution is 2.40. The number of hydrogen-bond donors (Lipinski definition) is 1. The number of halogens is 1. The topological polar surface area (TPSA) is 53.7 Å². The van der Waals surface area contributed by atoms with Crippen LogP contribution >= 0.6 is 11.6 Å². The molecule has 0 aliphatic heterocycles. The van der Waals surface area contributed by atoms with Crippen molar-refractivity contribution in [1.29, 1.82) is 0 Å².